The normalized spacial score (nSPS) is 25.7. The van der Waals surface area contributed by atoms with Gasteiger partial charge in [-0.2, -0.15) is 0 Å². The molecule has 13 heavy (non-hydrogen) atoms. The molecule has 2 atom stereocenters. The molecule has 2 unspecified atom stereocenters. The van der Waals surface area contributed by atoms with Crippen LogP contribution in [0.1, 0.15) is 46.0 Å². The van der Waals surface area contributed by atoms with E-state index in [-0.39, 0.29) is 17.6 Å². The number of Topliss-reactive ketones (excluding diaryl/α,β-unsaturated/α-hetero) is 2. The van der Waals surface area contributed by atoms with Gasteiger partial charge in [0.05, 0.1) is 0 Å². The molecule has 1 saturated carbocycles. The molecule has 1 fully saturated rings. The Balaban J connectivity index is 2.42. The summed E-state index contributed by atoms with van der Waals surface area (Å²) in [5, 5.41) is 0. The fourth-order valence-corrected chi connectivity index (χ4v) is 1.90. The average Bonchev–Trinajstić information content (AvgIpc) is 2.08. The van der Waals surface area contributed by atoms with Crippen LogP contribution in [0.3, 0.4) is 0 Å². The molecule has 0 saturated heterocycles. The van der Waals surface area contributed by atoms with Gasteiger partial charge in [-0.1, -0.05) is 13.3 Å². The molecule has 74 valence electrons. The molecule has 2 nitrogen and oxygen atoms in total. The fraction of sp³-hybridized carbons (Fsp3) is 0.818. The van der Waals surface area contributed by atoms with E-state index >= 15 is 0 Å². The third-order valence-corrected chi connectivity index (χ3v) is 3.01. The number of carbonyl (C=O) groups is 2. The molecule has 0 aromatic heterocycles. The van der Waals surface area contributed by atoms with E-state index in [2.05, 4.69) is 0 Å². The van der Waals surface area contributed by atoms with Gasteiger partial charge in [0.1, 0.15) is 11.6 Å². The third-order valence-electron chi connectivity index (χ3n) is 3.01. The van der Waals surface area contributed by atoms with Crippen molar-refractivity contribution in [3.8, 4) is 0 Å². The van der Waals surface area contributed by atoms with Gasteiger partial charge in [0, 0.05) is 18.3 Å². The van der Waals surface area contributed by atoms with Crippen molar-refractivity contribution in [3.05, 3.63) is 0 Å². The molecule has 0 aromatic carbocycles. The molecular formula is C11H18O2. The lowest BCUT2D eigenvalue weighted by atomic mass is 9.81. The Bertz CT molecular complexity index is 208. The van der Waals surface area contributed by atoms with Gasteiger partial charge >= 0.3 is 0 Å². The number of ketones is 2. The maximum absolute atomic E-state index is 11.4. The molecule has 0 heterocycles. The molecule has 0 aromatic rings. The van der Waals surface area contributed by atoms with Crippen molar-refractivity contribution in [1.29, 1.82) is 0 Å². The highest BCUT2D eigenvalue weighted by Gasteiger charge is 2.24. The Morgan fingerprint density at radius 3 is 2.77 bits per heavy atom. The molecular weight excluding hydrogens is 164 g/mol. The molecule has 0 bridgehead atoms. The number of hydrogen-bond donors (Lipinski definition) is 0. The van der Waals surface area contributed by atoms with Crippen LogP contribution in [-0.2, 0) is 9.59 Å². The average molecular weight is 182 g/mol. The van der Waals surface area contributed by atoms with E-state index in [1.54, 1.807) is 6.92 Å². The van der Waals surface area contributed by atoms with Gasteiger partial charge in [-0.05, 0) is 26.2 Å². The molecule has 1 rings (SSSR count). The van der Waals surface area contributed by atoms with Gasteiger partial charge in [0.25, 0.3) is 0 Å². The number of rotatable bonds is 3. The molecule has 1 aliphatic carbocycles. The molecule has 2 heteroatoms. The van der Waals surface area contributed by atoms with Crippen LogP contribution in [0.25, 0.3) is 0 Å². The molecule has 0 N–H and O–H groups in total. The second kappa shape index (κ2) is 4.54. The van der Waals surface area contributed by atoms with Crippen molar-refractivity contribution < 1.29 is 9.59 Å². The summed E-state index contributed by atoms with van der Waals surface area (Å²) in [7, 11) is 0. The zero-order valence-corrected chi connectivity index (χ0v) is 8.51. The maximum atomic E-state index is 11.4. The van der Waals surface area contributed by atoms with Crippen LogP contribution in [0.15, 0.2) is 0 Å². The highest BCUT2D eigenvalue weighted by Crippen LogP contribution is 2.26. The second-order valence-electron chi connectivity index (χ2n) is 4.16. The summed E-state index contributed by atoms with van der Waals surface area (Å²) in [4.78, 5) is 22.5. The van der Waals surface area contributed by atoms with Crippen molar-refractivity contribution in [3.63, 3.8) is 0 Å². The van der Waals surface area contributed by atoms with Crippen LogP contribution in [0.4, 0.5) is 0 Å². The summed E-state index contributed by atoms with van der Waals surface area (Å²) in [6.07, 6.45) is 4.70. The Morgan fingerprint density at radius 1 is 1.54 bits per heavy atom. The van der Waals surface area contributed by atoms with Crippen LogP contribution >= 0.6 is 0 Å². The molecule has 0 spiro atoms. The van der Waals surface area contributed by atoms with Crippen LogP contribution in [0, 0.1) is 11.8 Å². The lowest BCUT2D eigenvalue weighted by Crippen LogP contribution is -2.23. The molecule has 0 aliphatic heterocycles. The molecule has 1 aliphatic rings. The summed E-state index contributed by atoms with van der Waals surface area (Å²) in [6, 6.07) is 0. The predicted octanol–water partition coefficient (Wildman–Crippen LogP) is 2.36. The lowest BCUT2D eigenvalue weighted by molar-refractivity contribution is -0.126. The van der Waals surface area contributed by atoms with Gasteiger partial charge in [-0.25, -0.2) is 0 Å². The smallest absolute Gasteiger partial charge is 0.135 e. The zero-order valence-electron chi connectivity index (χ0n) is 8.51. The SMILES string of the molecule is CC(=O)C(C)CC1CCCCC1=O. The van der Waals surface area contributed by atoms with Crippen LogP contribution in [0.5, 0.6) is 0 Å². The first-order valence-corrected chi connectivity index (χ1v) is 5.14. The van der Waals surface area contributed by atoms with Crippen molar-refractivity contribution in [2.24, 2.45) is 11.8 Å². The standard InChI is InChI=1S/C11H18O2/c1-8(9(2)12)7-10-5-3-4-6-11(10)13/h8,10H,3-7H2,1-2H3. The van der Waals surface area contributed by atoms with Gasteiger partial charge in [0.2, 0.25) is 0 Å². The van der Waals surface area contributed by atoms with Crippen molar-refractivity contribution in [2.75, 3.05) is 0 Å². The van der Waals surface area contributed by atoms with E-state index < -0.39 is 0 Å². The van der Waals surface area contributed by atoms with E-state index in [1.807, 2.05) is 6.92 Å². The third kappa shape index (κ3) is 2.94. The van der Waals surface area contributed by atoms with Gasteiger partial charge in [0.15, 0.2) is 0 Å². The van der Waals surface area contributed by atoms with Crippen molar-refractivity contribution in [1.82, 2.24) is 0 Å². The van der Waals surface area contributed by atoms with Gasteiger partial charge in [-0.15, -0.1) is 0 Å². The zero-order chi connectivity index (χ0) is 9.84. The Morgan fingerprint density at radius 2 is 2.23 bits per heavy atom. The summed E-state index contributed by atoms with van der Waals surface area (Å²) < 4.78 is 0. The van der Waals surface area contributed by atoms with E-state index in [0.717, 1.165) is 32.1 Å². The Hall–Kier alpha value is -0.660. The first-order chi connectivity index (χ1) is 6.11. The van der Waals surface area contributed by atoms with E-state index in [1.165, 1.54) is 0 Å². The van der Waals surface area contributed by atoms with E-state index in [9.17, 15) is 9.59 Å². The first-order valence-electron chi connectivity index (χ1n) is 5.14. The highest BCUT2D eigenvalue weighted by atomic mass is 16.1. The Kier molecular flexibility index (Phi) is 3.64. The lowest BCUT2D eigenvalue weighted by Gasteiger charge is -2.22. The van der Waals surface area contributed by atoms with E-state index in [0.29, 0.717) is 5.78 Å². The maximum Gasteiger partial charge on any atom is 0.135 e. The van der Waals surface area contributed by atoms with Crippen molar-refractivity contribution in [2.45, 2.75) is 46.0 Å². The van der Waals surface area contributed by atoms with Gasteiger partial charge in [-0.3, -0.25) is 9.59 Å². The monoisotopic (exact) mass is 182 g/mol. The van der Waals surface area contributed by atoms with Crippen molar-refractivity contribution >= 4 is 11.6 Å². The first kappa shape index (κ1) is 10.4. The quantitative estimate of drug-likeness (QED) is 0.671. The summed E-state index contributed by atoms with van der Waals surface area (Å²) >= 11 is 0. The summed E-state index contributed by atoms with van der Waals surface area (Å²) in [5.74, 6) is 0.817. The summed E-state index contributed by atoms with van der Waals surface area (Å²) in [5.41, 5.74) is 0. The molecule has 0 radical (unpaired) electrons. The Labute approximate surface area is 79.7 Å². The minimum absolute atomic E-state index is 0.0621. The van der Waals surface area contributed by atoms with Crippen LogP contribution in [-0.4, -0.2) is 11.6 Å². The van der Waals surface area contributed by atoms with Gasteiger partial charge < -0.3 is 0 Å². The minimum Gasteiger partial charge on any atom is -0.300 e. The van der Waals surface area contributed by atoms with Crippen LogP contribution in [0.2, 0.25) is 0 Å². The largest absolute Gasteiger partial charge is 0.300 e. The highest BCUT2D eigenvalue weighted by molar-refractivity contribution is 5.83. The summed E-state index contributed by atoms with van der Waals surface area (Å²) in [6.45, 7) is 3.53. The predicted molar refractivity (Wildman–Crippen MR) is 51.4 cm³/mol. The van der Waals surface area contributed by atoms with Crippen LogP contribution < -0.4 is 0 Å². The number of hydrogen-bond acceptors (Lipinski definition) is 2. The number of carbonyl (C=O) groups excluding carboxylic acids is 2. The topological polar surface area (TPSA) is 34.1 Å². The fourth-order valence-electron chi connectivity index (χ4n) is 1.90. The van der Waals surface area contributed by atoms with E-state index in [4.69, 9.17) is 0 Å². The minimum atomic E-state index is 0.0621. The molecule has 0 amide bonds. The second-order valence-corrected chi connectivity index (χ2v) is 4.16.